The Morgan fingerprint density at radius 1 is 1.41 bits per heavy atom. The fourth-order valence-corrected chi connectivity index (χ4v) is 3.96. The zero-order valence-corrected chi connectivity index (χ0v) is 14.5. The van der Waals surface area contributed by atoms with Crippen LogP contribution in [0.15, 0.2) is 24.3 Å². The molecule has 2 rings (SSSR count). The molecule has 4 heteroatoms. The maximum Gasteiger partial charge on any atom is 0.261 e. The molecule has 22 heavy (non-hydrogen) atoms. The van der Waals surface area contributed by atoms with Crippen molar-refractivity contribution in [3.05, 3.63) is 29.8 Å². The summed E-state index contributed by atoms with van der Waals surface area (Å²) in [6, 6.07) is 7.84. The van der Waals surface area contributed by atoms with Crippen molar-refractivity contribution in [2.45, 2.75) is 57.3 Å². The van der Waals surface area contributed by atoms with Crippen molar-refractivity contribution in [3.8, 4) is 5.75 Å². The van der Waals surface area contributed by atoms with Crippen LogP contribution >= 0.6 is 11.8 Å². The molecular formula is C18H27NO2S. The second kappa shape index (κ2) is 9.09. The Labute approximate surface area is 138 Å². The zero-order valence-electron chi connectivity index (χ0n) is 13.6. The number of ether oxygens (including phenoxy) is 1. The lowest BCUT2D eigenvalue weighted by Gasteiger charge is -2.18. The van der Waals surface area contributed by atoms with E-state index in [1.54, 1.807) is 0 Å². The Morgan fingerprint density at radius 2 is 2.18 bits per heavy atom. The van der Waals surface area contributed by atoms with Gasteiger partial charge in [-0.25, -0.2) is 0 Å². The molecule has 122 valence electrons. The maximum atomic E-state index is 12.2. The molecule has 1 aliphatic carbocycles. The number of nitrogens with one attached hydrogen (secondary N) is 1. The molecule has 1 atom stereocenters. The van der Waals surface area contributed by atoms with E-state index in [0.717, 1.165) is 28.9 Å². The number of carbonyl (C=O) groups is 1. The average molecular weight is 321 g/mol. The minimum Gasteiger partial charge on any atom is -0.481 e. The predicted octanol–water partition coefficient (Wildman–Crippen LogP) is 3.94. The van der Waals surface area contributed by atoms with E-state index < -0.39 is 6.10 Å². The van der Waals surface area contributed by atoms with Crippen molar-refractivity contribution in [1.29, 1.82) is 0 Å². The van der Waals surface area contributed by atoms with Crippen LogP contribution in [-0.4, -0.2) is 29.6 Å². The minimum absolute atomic E-state index is 0.00368. The molecule has 1 saturated carbocycles. The van der Waals surface area contributed by atoms with Crippen molar-refractivity contribution in [3.63, 3.8) is 0 Å². The summed E-state index contributed by atoms with van der Waals surface area (Å²) in [7, 11) is 0. The van der Waals surface area contributed by atoms with Gasteiger partial charge >= 0.3 is 0 Å². The van der Waals surface area contributed by atoms with Gasteiger partial charge in [0.2, 0.25) is 0 Å². The number of benzene rings is 1. The van der Waals surface area contributed by atoms with E-state index in [2.05, 4.69) is 5.32 Å². The number of amides is 1. The number of rotatable bonds is 8. The Kier molecular flexibility index (Phi) is 7.10. The maximum absolute atomic E-state index is 12.2. The van der Waals surface area contributed by atoms with E-state index in [0.29, 0.717) is 6.42 Å². The van der Waals surface area contributed by atoms with Gasteiger partial charge in [-0.05, 0) is 43.9 Å². The largest absolute Gasteiger partial charge is 0.481 e. The highest BCUT2D eigenvalue weighted by atomic mass is 32.2. The quantitative estimate of drug-likeness (QED) is 0.737. The van der Waals surface area contributed by atoms with Crippen molar-refractivity contribution >= 4 is 17.7 Å². The van der Waals surface area contributed by atoms with Gasteiger partial charge in [0.25, 0.3) is 5.91 Å². The van der Waals surface area contributed by atoms with Gasteiger partial charge in [-0.15, -0.1) is 0 Å². The molecule has 1 aromatic rings. The molecule has 1 N–H and O–H groups in total. The van der Waals surface area contributed by atoms with Gasteiger partial charge in [0, 0.05) is 17.5 Å². The summed E-state index contributed by atoms with van der Waals surface area (Å²) in [5.74, 6) is 1.76. The molecule has 3 nitrogen and oxygen atoms in total. The standard InChI is InChI=1S/C18H27NO2S/c1-3-17(21-15-8-6-7-14(2)13-15)18(20)19-11-12-22-16-9-4-5-10-16/h6-8,13,16-17H,3-5,9-12H2,1-2H3,(H,19,20)/t17-/m0/s1. The second-order valence-corrected chi connectivity index (χ2v) is 7.31. The molecule has 0 aromatic heterocycles. The van der Waals surface area contributed by atoms with Gasteiger partial charge in [0.15, 0.2) is 6.10 Å². The molecule has 0 heterocycles. The molecule has 1 aromatic carbocycles. The smallest absolute Gasteiger partial charge is 0.261 e. The van der Waals surface area contributed by atoms with E-state index in [9.17, 15) is 4.79 Å². The van der Waals surface area contributed by atoms with E-state index in [4.69, 9.17) is 4.74 Å². The highest BCUT2D eigenvalue weighted by Crippen LogP contribution is 2.28. The summed E-state index contributed by atoms with van der Waals surface area (Å²) in [4.78, 5) is 12.2. The van der Waals surface area contributed by atoms with Gasteiger partial charge < -0.3 is 10.1 Å². The van der Waals surface area contributed by atoms with Crippen molar-refractivity contribution in [1.82, 2.24) is 5.32 Å². The Morgan fingerprint density at radius 3 is 2.86 bits per heavy atom. The molecule has 0 unspecified atom stereocenters. The average Bonchev–Trinajstić information content (AvgIpc) is 3.02. The Hall–Kier alpha value is -1.16. The van der Waals surface area contributed by atoms with Crippen LogP contribution in [0, 0.1) is 6.92 Å². The van der Waals surface area contributed by atoms with E-state index in [1.165, 1.54) is 25.7 Å². The Bertz CT molecular complexity index is 472. The molecule has 0 aliphatic heterocycles. The number of carbonyl (C=O) groups excluding carboxylic acids is 1. The molecule has 0 radical (unpaired) electrons. The van der Waals surface area contributed by atoms with Crippen LogP contribution in [0.2, 0.25) is 0 Å². The van der Waals surface area contributed by atoms with E-state index >= 15 is 0 Å². The number of aryl methyl sites for hydroxylation is 1. The first-order chi connectivity index (χ1) is 10.7. The molecule has 0 spiro atoms. The normalized spacial score (nSPS) is 16.5. The lowest BCUT2D eigenvalue weighted by Crippen LogP contribution is -2.39. The van der Waals surface area contributed by atoms with Crippen molar-refractivity contribution in [2.24, 2.45) is 0 Å². The number of thioether (sulfide) groups is 1. The third kappa shape index (κ3) is 5.56. The van der Waals surface area contributed by atoms with Crippen LogP contribution in [0.25, 0.3) is 0 Å². The van der Waals surface area contributed by atoms with Crippen LogP contribution in [0.5, 0.6) is 5.75 Å². The highest BCUT2D eigenvalue weighted by Gasteiger charge is 2.19. The topological polar surface area (TPSA) is 38.3 Å². The van der Waals surface area contributed by atoms with E-state index in [-0.39, 0.29) is 5.91 Å². The third-order valence-corrected chi connectivity index (χ3v) is 5.37. The predicted molar refractivity (Wildman–Crippen MR) is 93.6 cm³/mol. The first-order valence-electron chi connectivity index (χ1n) is 8.31. The molecular weight excluding hydrogens is 294 g/mol. The van der Waals surface area contributed by atoms with Crippen LogP contribution in [-0.2, 0) is 4.79 Å². The van der Waals surface area contributed by atoms with Gasteiger partial charge in [-0.1, -0.05) is 31.9 Å². The summed E-state index contributed by atoms with van der Waals surface area (Å²) in [6.07, 6.45) is 5.69. The Balaban J connectivity index is 1.71. The third-order valence-electron chi connectivity index (χ3n) is 3.99. The van der Waals surface area contributed by atoms with Gasteiger partial charge in [0.1, 0.15) is 5.75 Å². The summed E-state index contributed by atoms with van der Waals surface area (Å²) in [6.45, 7) is 4.73. The summed E-state index contributed by atoms with van der Waals surface area (Å²) in [5, 5.41) is 3.82. The first kappa shape index (κ1) is 17.2. The molecule has 1 amide bonds. The summed E-state index contributed by atoms with van der Waals surface area (Å²) in [5.41, 5.74) is 1.14. The lowest BCUT2D eigenvalue weighted by atomic mass is 10.2. The highest BCUT2D eigenvalue weighted by molar-refractivity contribution is 7.99. The van der Waals surface area contributed by atoms with E-state index in [1.807, 2.05) is 49.9 Å². The van der Waals surface area contributed by atoms with Crippen LogP contribution in [0.3, 0.4) is 0 Å². The number of hydrogen-bond donors (Lipinski definition) is 1. The van der Waals surface area contributed by atoms with Crippen LogP contribution in [0.4, 0.5) is 0 Å². The summed E-state index contributed by atoms with van der Waals surface area (Å²) < 4.78 is 5.82. The minimum atomic E-state index is -0.404. The molecule has 0 bridgehead atoms. The zero-order chi connectivity index (χ0) is 15.8. The lowest BCUT2D eigenvalue weighted by molar-refractivity contribution is -0.127. The van der Waals surface area contributed by atoms with Crippen LogP contribution in [0.1, 0.15) is 44.6 Å². The molecule has 1 aliphatic rings. The fraction of sp³-hybridized carbons (Fsp3) is 0.611. The molecule has 1 fully saturated rings. The SMILES string of the molecule is CC[C@H](Oc1cccc(C)c1)C(=O)NCCSC1CCCC1. The van der Waals surface area contributed by atoms with Crippen molar-refractivity contribution < 1.29 is 9.53 Å². The van der Waals surface area contributed by atoms with Gasteiger partial charge in [-0.3, -0.25) is 4.79 Å². The summed E-state index contributed by atoms with van der Waals surface area (Å²) >= 11 is 2.00. The number of hydrogen-bond acceptors (Lipinski definition) is 3. The van der Waals surface area contributed by atoms with Crippen molar-refractivity contribution in [2.75, 3.05) is 12.3 Å². The monoisotopic (exact) mass is 321 g/mol. The van der Waals surface area contributed by atoms with Crippen LogP contribution < -0.4 is 10.1 Å². The molecule has 0 saturated heterocycles. The fourth-order valence-electron chi connectivity index (χ4n) is 2.74. The second-order valence-electron chi connectivity index (χ2n) is 5.90. The first-order valence-corrected chi connectivity index (χ1v) is 9.36. The van der Waals surface area contributed by atoms with Gasteiger partial charge in [0.05, 0.1) is 0 Å². The van der Waals surface area contributed by atoms with Gasteiger partial charge in [-0.2, -0.15) is 11.8 Å².